The molecule has 0 N–H and O–H groups in total. The number of ketones is 1. The van der Waals surface area contributed by atoms with Crippen LogP contribution in [0.15, 0.2) is 18.2 Å². The SMILES string of the molecule is O=C1C[C@H]2CCC[C@@]3(C1)[C@H]2CCCN3C(=O)c1cc([N+](=O)[O-])cc([N+](=O)[O-])c1. The van der Waals surface area contributed by atoms with E-state index in [1.165, 1.54) is 0 Å². The first-order valence-corrected chi connectivity index (χ1v) is 9.59. The second kappa shape index (κ2) is 6.65. The minimum atomic E-state index is -0.734. The van der Waals surface area contributed by atoms with E-state index >= 15 is 0 Å². The molecule has 1 aromatic rings. The predicted octanol–water partition coefficient (Wildman–Crippen LogP) is 3.26. The van der Waals surface area contributed by atoms with Gasteiger partial charge in [-0.3, -0.25) is 29.8 Å². The average molecular weight is 387 g/mol. The third kappa shape index (κ3) is 2.85. The van der Waals surface area contributed by atoms with Crippen molar-refractivity contribution >= 4 is 23.1 Å². The van der Waals surface area contributed by atoms with E-state index in [0.29, 0.717) is 19.4 Å². The molecule has 9 heteroatoms. The van der Waals surface area contributed by atoms with Crippen molar-refractivity contribution < 1.29 is 19.4 Å². The van der Waals surface area contributed by atoms with Crippen molar-refractivity contribution in [1.29, 1.82) is 0 Å². The van der Waals surface area contributed by atoms with Gasteiger partial charge in [-0.2, -0.15) is 0 Å². The summed E-state index contributed by atoms with van der Waals surface area (Å²) in [4.78, 5) is 48.4. The maximum Gasteiger partial charge on any atom is 0.277 e. The Morgan fingerprint density at radius 3 is 2.39 bits per heavy atom. The molecule has 1 amide bonds. The Balaban J connectivity index is 1.76. The maximum atomic E-state index is 13.4. The van der Waals surface area contributed by atoms with Crippen LogP contribution in [-0.2, 0) is 4.79 Å². The highest BCUT2D eigenvalue weighted by Gasteiger charge is 2.56. The van der Waals surface area contributed by atoms with Crippen LogP contribution in [0.3, 0.4) is 0 Å². The van der Waals surface area contributed by atoms with Crippen molar-refractivity contribution in [2.24, 2.45) is 11.8 Å². The Bertz CT molecular complexity index is 852. The average Bonchev–Trinajstić information content (AvgIpc) is 2.65. The first-order valence-electron chi connectivity index (χ1n) is 9.59. The molecule has 28 heavy (non-hydrogen) atoms. The Hall–Kier alpha value is -2.84. The van der Waals surface area contributed by atoms with Crippen LogP contribution in [0, 0.1) is 32.1 Å². The van der Waals surface area contributed by atoms with Gasteiger partial charge >= 0.3 is 0 Å². The van der Waals surface area contributed by atoms with Gasteiger partial charge < -0.3 is 4.90 Å². The molecule has 0 unspecified atom stereocenters. The number of nitro benzene ring substituents is 2. The van der Waals surface area contributed by atoms with Gasteiger partial charge in [0.1, 0.15) is 5.78 Å². The molecule has 2 bridgehead atoms. The molecule has 9 nitrogen and oxygen atoms in total. The summed E-state index contributed by atoms with van der Waals surface area (Å²) in [5.74, 6) is 0.243. The molecule has 3 atom stereocenters. The number of nitro groups is 2. The normalized spacial score (nSPS) is 29.1. The first kappa shape index (κ1) is 18.5. The lowest BCUT2D eigenvalue weighted by Crippen LogP contribution is -2.65. The number of hydrogen-bond acceptors (Lipinski definition) is 6. The molecule has 4 rings (SSSR count). The van der Waals surface area contributed by atoms with Crippen LogP contribution in [0.4, 0.5) is 11.4 Å². The van der Waals surface area contributed by atoms with Gasteiger partial charge in [-0.25, -0.2) is 0 Å². The van der Waals surface area contributed by atoms with Gasteiger partial charge in [-0.1, -0.05) is 6.42 Å². The van der Waals surface area contributed by atoms with Crippen LogP contribution in [0.25, 0.3) is 0 Å². The van der Waals surface area contributed by atoms with Crippen LogP contribution < -0.4 is 0 Å². The minimum absolute atomic E-state index is 0.0592. The summed E-state index contributed by atoms with van der Waals surface area (Å²) < 4.78 is 0. The highest BCUT2D eigenvalue weighted by molar-refractivity contribution is 5.97. The van der Waals surface area contributed by atoms with Crippen molar-refractivity contribution in [1.82, 2.24) is 4.90 Å². The molecular weight excluding hydrogens is 366 g/mol. The van der Waals surface area contributed by atoms with Gasteiger partial charge in [-0.05, 0) is 37.5 Å². The van der Waals surface area contributed by atoms with E-state index in [4.69, 9.17) is 0 Å². The summed E-state index contributed by atoms with van der Waals surface area (Å²) in [6.45, 7) is 0.464. The third-order valence-corrected chi connectivity index (χ3v) is 6.69. The van der Waals surface area contributed by atoms with Crippen LogP contribution in [0.1, 0.15) is 55.3 Å². The van der Waals surface area contributed by atoms with Crippen molar-refractivity contribution in [2.75, 3.05) is 6.54 Å². The lowest BCUT2D eigenvalue weighted by atomic mass is 9.56. The fraction of sp³-hybridized carbons (Fsp3) is 0.579. The third-order valence-electron chi connectivity index (χ3n) is 6.69. The summed E-state index contributed by atoms with van der Waals surface area (Å²) in [6.07, 6.45) is 5.32. The zero-order valence-corrected chi connectivity index (χ0v) is 15.3. The van der Waals surface area contributed by atoms with Crippen molar-refractivity contribution in [3.63, 3.8) is 0 Å². The van der Waals surface area contributed by atoms with Crippen LogP contribution in [0.5, 0.6) is 0 Å². The van der Waals surface area contributed by atoms with Crippen molar-refractivity contribution in [3.8, 4) is 0 Å². The number of hydrogen-bond donors (Lipinski definition) is 0. The van der Waals surface area contributed by atoms with Crippen LogP contribution in [0.2, 0.25) is 0 Å². The number of Topliss-reactive ketones (excluding diaryl/α,β-unsaturated/α-hetero) is 1. The molecule has 0 aromatic heterocycles. The number of carbonyl (C=O) groups is 2. The standard InChI is InChI=1S/C19H21N3O6/c23-16-9-12-3-1-5-19(11-16)17(12)4-2-6-20(19)18(24)13-7-14(21(25)26)10-15(8-13)22(27)28/h7-8,10,12,17H,1-6,9,11H2/t12-,17+,19-/m1/s1. The lowest BCUT2D eigenvalue weighted by Gasteiger charge is -2.59. The monoisotopic (exact) mass is 387 g/mol. The molecule has 3 aliphatic rings. The molecule has 2 aliphatic carbocycles. The second-order valence-electron chi connectivity index (χ2n) is 8.13. The first-order chi connectivity index (χ1) is 13.3. The topological polar surface area (TPSA) is 124 Å². The van der Waals surface area contributed by atoms with E-state index in [0.717, 1.165) is 50.3 Å². The Labute approximate surface area is 161 Å². The number of rotatable bonds is 3. The zero-order valence-electron chi connectivity index (χ0n) is 15.3. The molecule has 2 saturated carbocycles. The summed E-state index contributed by atoms with van der Waals surface area (Å²) in [7, 11) is 0. The van der Waals surface area contributed by atoms with Gasteiger partial charge in [0.15, 0.2) is 0 Å². The van der Waals surface area contributed by atoms with E-state index in [9.17, 15) is 29.8 Å². The number of non-ortho nitro benzene ring substituents is 2. The smallest absolute Gasteiger partial charge is 0.277 e. The van der Waals surface area contributed by atoms with Crippen LogP contribution in [-0.4, -0.2) is 38.5 Å². The maximum absolute atomic E-state index is 13.4. The Kier molecular flexibility index (Phi) is 4.40. The molecule has 3 fully saturated rings. The predicted molar refractivity (Wildman–Crippen MR) is 97.8 cm³/mol. The van der Waals surface area contributed by atoms with E-state index in [-0.39, 0.29) is 23.2 Å². The molecule has 0 spiro atoms. The van der Waals surface area contributed by atoms with E-state index in [1.807, 2.05) is 0 Å². The largest absolute Gasteiger partial charge is 0.332 e. The fourth-order valence-electron chi connectivity index (χ4n) is 5.68. The number of benzene rings is 1. The van der Waals surface area contributed by atoms with Gasteiger partial charge in [0, 0.05) is 31.5 Å². The molecular formula is C19H21N3O6. The van der Waals surface area contributed by atoms with E-state index in [1.54, 1.807) is 4.90 Å². The summed E-state index contributed by atoms with van der Waals surface area (Å²) in [5.41, 5.74) is -1.57. The Morgan fingerprint density at radius 2 is 1.75 bits per heavy atom. The molecule has 1 aliphatic heterocycles. The Morgan fingerprint density at radius 1 is 1.07 bits per heavy atom. The molecule has 148 valence electrons. The number of piperidine rings is 1. The molecule has 0 radical (unpaired) electrons. The quantitative estimate of drug-likeness (QED) is 0.579. The zero-order chi connectivity index (χ0) is 20.1. The highest BCUT2D eigenvalue weighted by Crippen LogP contribution is 2.53. The molecule has 1 heterocycles. The minimum Gasteiger partial charge on any atom is -0.332 e. The lowest BCUT2D eigenvalue weighted by molar-refractivity contribution is -0.394. The summed E-state index contributed by atoms with van der Waals surface area (Å²) in [5, 5.41) is 22.4. The van der Waals surface area contributed by atoms with Gasteiger partial charge in [0.2, 0.25) is 0 Å². The molecule has 1 aromatic carbocycles. The van der Waals surface area contributed by atoms with Gasteiger partial charge in [0.25, 0.3) is 17.3 Å². The van der Waals surface area contributed by atoms with Gasteiger partial charge in [0.05, 0.1) is 27.0 Å². The molecule has 1 saturated heterocycles. The fourth-order valence-corrected chi connectivity index (χ4v) is 5.68. The summed E-state index contributed by atoms with van der Waals surface area (Å²) in [6, 6.07) is 3.05. The van der Waals surface area contributed by atoms with Crippen LogP contribution >= 0.6 is 0 Å². The number of likely N-dealkylation sites (tertiary alicyclic amines) is 1. The van der Waals surface area contributed by atoms with Crippen molar-refractivity contribution in [2.45, 2.75) is 50.5 Å². The second-order valence-corrected chi connectivity index (χ2v) is 8.13. The number of nitrogens with zero attached hydrogens (tertiary/aromatic N) is 3. The summed E-state index contributed by atoms with van der Waals surface area (Å²) >= 11 is 0. The highest BCUT2D eigenvalue weighted by atomic mass is 16.6. The van der Waals surface area contributed by atoms with Crippen molar-refractivity contribution in [3.05, 3.63) is 44.0 Å². The van der Waals surface area contributed by atoms with E-state index < -0.39 is 32.7 Å². The number of carbonyl (C=O) groups excluding carboxylic acids is 2. The van der Waals surface area contributed by atoms with Gasteiger partial charge in [-0.15, -0.1) is 0 Å². The van der Waals surface area contributed by atoms with E-state index in [2.05, 4.69) is 0 Å². The number of amides is 1.